The second-order valence-corrected chi connectivity index (χ2v) is 3.92. The number of nitrogens with two attached hydrogens (primary N) is 1. The molecule has 0 saturated heterocycles. The van der Waals surface area contributed by atoms with E-state index in [0.29, 0.717) is 0 Å². The van der Waals surface area contributed by atoms with Crippen molar-refractivity contribution in [2.45, 2.75) is 26.8 Å². The van der Waals surface area contributed by atoms with Gasteiger partial charge >= 0.3 is 0 Å². The number of nitrogens with zero attached hydrogens (tertiary/aromatic N) is 2. The third kappa shape index (κ3) is 1.70. The summed E-state index contributed by atoms with van der Waals surface area (Å²) in [5.41, 5.74) is 9.02. The van der Waals surface area contributed by atoms with Gasteiger partial charge in [-0.15, -0.1) is 0 Å². The van der Waals surface area contributed by atoms with E-state index in [9.17, 15) is 0 Å². The average molecular weight is 201 g/mol. The molecule has 2 rings (SSSR count). The number of aromatic nitrogens is 2. The molecule has 3 nitrogen and oxygen atoms in total. The van der Waals surface area contributed by atoms with Gasteiger partial charge in [0.15, 0.2) is 0 Å². The Hall–Kier alpha value is -1.48. The maximum Gasteiger partial charge on any atom is 0.126 e. The maximum absolute atomic E-state index is 5.91. The molecule has 0 bridgehead atoms. The van der Waals surface area contributed by atoms with Crippen LogP contribution in [0.15, 0.2) is 18.2 Å². The van der Waals surface area contributed by atoms with Crippen molar-refractivity contribution >= 4 is 10.9 Å². The summed E-state index contributed by atoms with van der Waals surface area (Å²) in [4.78, 5) is 8.86. The number of para-hydroxylation sites is 1. The molecule has 0 radical (unpaired) electrons. The van der Waals surface area contributed by atoms with Gasteiger partial charge in [-0.05, 0) is 26.3 Å². The SMILES string of the molecule is Cc1nc(C(C)N)c2cccc(C)c2n1. The third-order valence-electron chi connectivity index (χ3n) is 2.50. The van der Waals surface area contributed by atoms with Crippen LogP contribution in [0.2, 0.25) is 0 Å². The minimum atomic E-state index is -0.0593. The minimum Gasteiger partial charge on any atom is -0.323 e. The summed E-state index contributed by atoms with van der Waals surface area (Å²) in [6.45, 7) is 5.90. The Kier molecular flexibility index (Phi) is 2.40. The smallest absolute Gasteiger partial charge is 0.126 e. The molecule has 78 valence electrons. The lowest BCUT2D eigenvalue weighted by atomic mass is 10.1. The van der Waals surface area contributed by atoms with Crippen molar-refractivity contribution < 1.29 is 0 Å². The molecule has 0 saturated carbocycles. The van der Waals surface area contributed by atoms with Crippen molar-refractivity contribution in [3.63, 3.8) is 0 Å². The van der Waals surface area contributed by atoms with Gasteiger partial charge in [0.1, 0.15) is 5.82 Å². The highest BCUT2D eigenvalue weighted by atomic mass is 14.9. The van der Waals surface area contributed by atoms with E-state index in [4.69, 9.17) is 5.73 Å². The summed E-state index contributed by atoms with van der Waals surface area (Å²) >= 11 is 0. The Labute approximate surface area is 89.4 Å². The zero-order valence-electron chi connectivity index (χ0n) is 9.28. The van der Waals surface area contributed by atoms with Crippen molar-refractivity contribution in [2.24, 2.45) is 5.73 Å². The van der Waals surface area contributed by atoms with Gasteiger partial charge in [-0.25, -0.2) is 9.97 Å². The van der Waals surface area contributed by atoms with Crippen molar-refractivity contribution in [2.75, 3.05) is 0 Å². The highest BCUT2D eigenvalue weighted by Gasteiger charge is 2.10. The molecule has 0 amide bonds. The van der Waals surface area contributed by atoms with Gasteiger partial charge in [0, 0.05) is 11.4 Å². The molecular weight excluding hydrogens is 186 g/mol. The number of benzene rings is 1. The van der Waals surface area contributed by atoms with Gasteiger partial charge in [-0.3, -0.25) is 0 Å². The van der Waals surface area contributed by atoms with Gasteiger partial charge in [0.05, 0.1) is 11.2 Å². The molecule has 1 unspecified atom stereocenters. The largest absolute Gasteiger partial charge is 0.323 e. The molecule has 15 heavy (non-hydrogen) atoms. The molecule has 0 fully saturated rings. The van der Waals surface area contributed by atoms with Crippen LogP contribution in [0.4, 0.5) is 0 Å². The Bertz CT molecular complexity index is 503. The molecule has 1 aromatic carbocycles. The van der Waals surface area contributed by atoms with E-state index in [1.54, 1.807) is 0 Å². The predicted molar refractivity (Wildman–Crippen MR) is 61.6 cm³/mol. The molecule has 1 atom stereocenters. The van der Waals surface area contributed by atoms with Crippen LogP contribution in [-0.2, 0) is 0 Å². The number of hydrogen-bond acceptors (Lipinski definition) is 3. The Balaban J connectivity index is 2.86. The number of hydrogen-bond donors (Lipinski definition) is 1. The van der Waals surface area contributed by atoms with Crippen LogP contribution in [0.1, 0.15) is 30.0 Å². The van der Waals surface area contributed by atoms with Crippen LogP contribution in [0.25, 0.3) is 10.9 Å². The lowest BCUT2D eigenvalue weighted by Gasteiger charge is -2.10. The first-order chi connectivity index (χ1) is 7.09. The van der Waals surface area contributed by atoms with Crippen LogP contribution in [-0.4, -0.2) is 9.97 Å². The van der Waals surface area contributed by atoms with E-state index < -0.39 is 0 Å². The van der Waals surface area contributed by atoms with Crippen LogP contribution in [0.5, 0.6) is 0 Å². The van der Waals surface area contributed by atoms with E-state index in [-0.39, 0.29) is 6.04 Å². The van der Waals surface area contributed by atoms with E-state index in [1.165, 1.54) is 5.56 Å². The standard InChI is InChI=1S/C12H15N3/c1-7-5-4-6-10-11(7)14-9(3)15-12(10)8(2)13/h4-6,8H,13H2,1-3H3. The van der Waals surface area contributed by atoms with Crippen LogP contribution < -0.4 is 5.73 Å². The van der Waals surface area contributed by atoms with E-state index in [1.807, 2.05) is 26.0 Å². The monoisotopic (exact) mass is 201 g/mol. The molecule has 1 aromatic heterocycles. The lowest BCUT2D eigenvalue weighted by molar-refractivity contribution is 0.778. The lowest BCUT2D eigenvalue weighted by Crippen LogP contribution is -2.10. The molecule has 3 heteroatoms. The summed E-state index contributed by atoms with van der Waals surface area (Å²) in [6, 6.07) is 6.04. The normalized spacial score (nSPS) is 13.1. The highest BCUT2D eigenvalue weighted by molar-refractivity contribution is 5.84. The maximum atomic E-state index is 5.91. The minimum absolute atomic E-state index is 0.0593. The first-order valence-corrected chi connectivity index (χ1v) is 5.09. The van der Waals surface area contributed by atoms with Crippen molar-refractivity contribution in [3.8, 4) is 0 Å². The summed E-state index contributed by atoms with van der Waals surface area (Å²) < 4.78 is 0. The van der Waals surface area contributed by atoms with Crippen molar-refractivity contribution in [1.82, 2.24) is 9.97 Å². The summed E-state index contributed by atoms with van der Waals surface area (Å²) in [5.74, 6) is 0.782. The number of aryl methyl sites for hydroxylation is 2. The molecular formula is C12H15N3. The number of fused-ring (bicyclic) bond motifs is 1. The molecule has 1 heterocycles. The van der Waals surface area contributed by atoms with Crippen LogP contribution in [0.3, 0.4) is 0 Å². The fraction of sp³-hybridized carbons (Fsp3) is 0.333. The summed E-state index contributed by atoms with van der Waals surface area (Å²) in [7, 11) is 0. The zero-order chi connectivity index (χ0) is 11.0. The molecule has 2 aromatic rings. The van der Waals surface area contributed by atoms with Gasteiger partial charge in [-0.2, -0.15) is 0 Å². The van der Waals surface area contributed by atoms with E-state index >= 15 is 0 Å². The molecule has 2 N–H and O–H groups in total. The molecule has 0 aliphatic carbocycles. The Morgan fingerprint density at radius 3 is 2.60 bits per heavy atom. The third-order valence-corrected chi connectivity index (χ3v) is 2.50. The fourth-order valence-corrected chi connectivity index (χ4v) is 1.78. The quantitative estimate of drug-likeness (QED) is 0.770. The first kappa shape index (κ1) is 10.1. The average Bonchev–Trinajstić information content (AvgIpc) is 2.18. The number of rotatable bonds is 1. The van der Waals surface area contributed by atoms with Crippen molar-refractivity contribution in [3.05, 3.63) is 35.3 Å². The first-order valence-electron chi connectivity index (χ1n) is 5.09. The van der Waals surface area contributed by atoms with Gasteiger partial charge in [0.2, 0.25) is 0 Å². The van der Waals surface area contributed by atoms with Crippen LogP contribution >= 0.6 is 0 Å². The second-order valence-electron chi connectivity index (χ2n) is 3.92. The summed E-state index contributed by atoms with van der Waals surface area (Å²) in [5, 5.41) is 1.07. The molecule has 0 spiro atoms. The topological polar surface area (TPSA) is 51.8 Å². The predicted octanol–water partition coefficient (Wildman–Crippen LogP) is 2.27. The fourth-order valence-electron chi connectivity index (χ4n) is 1.78. The van der Waals surface area contributed by atoms with Gasteiger partial charge in [0.25, 0.3) is 0 Å². The summed E-state index contributed by atoms with van der Waals surface area (Å²) in [6.07, 6.45) is 0. The van der Waals surface area contributed by atoms with E-state index in [2.05, 4.69) is 23.0 Å². The van der Waals surface area contributed by atoms with Crippen molar-refractivity contribution in [1.29, 1.82) is 0 Å². The highest BCUT2D eigenvalue weighted by Crippen LogP contribution is 2.22. The van der Waals surface area contributed by atoms with Crippen LogP contribution in [0, 0.1) is 13.8 Å². The van der Waals surface area contributed by atoms with E-state index in [0.717, 1.165) is 22.4 Å². The second kappa shape index (κ2) is 3.59. The van der Waals surface area contributed by atoms with Gasteiger partial charge in [-0.1, -0.05) is 18.2 Å². The Morgan fingerprint density at radius 1 is 1.20 bits per heavy atom. The zero-order valence-corrected chi connectivity index (χ0v) is 9.28. The van der Waals surface area contributed by atoms with Gasteiger partial charge < -0.3 is 5.73 Å². The molecule has 0 aliphatic heterocycles. The Morgan fingerprint density at radius 2 is 1.93 bits per heavy atom. The molecule has 0 aliphatic rings.